The second-order valence-corrected chi connectivity index (χ2v) is 18.4. The molecule has 0 aromatic heterocycles. The number of ether oxygens (including phenoxy) is 1. The highest BCUT2D eigenvalue weighted by atomic mass is 35.5. The third-order valence-corrected chi connectivity index (χ3v) is 15.1. The van der Waals surface area contributed by atoms with E-state index in [0.717, 1.165) is 107 Å². The van der Waals surface area contributed by atoms with Crippen molar-refractivity contribution < 1.29 is 22.7 Å². The Morgan fingerprint density at radius 1 is 1.02 bits per heavy atom. The topological polar surface area (TPSA) is 99.3 Å². The first kappa shape index (κ1) is 35.6. The number of piperazine rings is 1. The maximum absolute atomic E-state index is 13.6. The van der Waals surface area contributed by atoms with Gasteiger partial charge in [0.2, 0.25) is 15.9 Å². The van der Waals surface area contributed by atoms with Crippen LogP contribution in [0.3, 0.4) is 0 Å². The predicted molar refractivity (Wildman–Crippen MR) is 197 cm³/mol. The van der Waals surface area contributed by atoms with Gasteiger partial charge in [0.15, 0.2) is 0 Å². The SMILES string of the molecule is CC(=O)N1CCN(C[C@@H]2CCCC(C)[C@@H](C)S(=O)(=O)NC(=O)c3ccc4c(c3)N(C[C@@H]3CC[C@@H]23)C[C@@]2(CCCc3cc(Cl)ccc32)CO4)CC1. The molecule has 2 aromatic rings. The van der Waals surface area contributed by atoms with Crippen molar-refractivity contribution in [1.82, 2.24) is 14.5 Å². The van der Waals surface area contributed by atoms with E-state index in [0.29, 0.717) is 29.9 Å². The van der Waals surface area contributed by atoms with E-state index < -0.39 is 21.2 Å². The average Bonchev–Trinajstić information content (AvgIpc) is 3.22. The highest BCUT2D eigenvalue weighted by Gasteiger charge is 2.45. The smallest absolute Gasteiger partial charge is 0.264 e. The maximum atomic E-state index is 13.6. The van der Waals surface area contributed by atoms with Gasteiger partial charge in [0.1, 0.15) is 5.75 Å². The molecule has 6 atom stereocenters. The summed E-state index contributed by atoms with van der Waals surface area (Å²) in [5.41, 5.74) is 3.54. The van der Waals surface area contributed by atoms with Gasteiger partial charge < -0.3 is 14.5 Å². The Kier molecular flexibility index (Phi) is 10.2. The van der Waals surface area contributed by atoms with Crippen molar-refractivity contribution in [2.45, 2.75) is 82.8 Å². The van der Waals surface area contributed by atoms with E-state index in [1.54, 1.807) is 19.9 Å². The molecule has 272 valence electrons. The van der Waals surface area contributed by atoms with Crippen LogP contribution in [0.5, 0.6) is 5.75 Å². The molecule has 3 heterocycles. The number of halogens is 1. The first-order valence-corrected chi connectivity index (χ1v) is 20.7. The van der Waals surface area contributed by atoms with Crippen LogP contribution in [0.1, 0.15) is 87.2 Å². The molecule has 1 N–H and O–H groups in total. The molecule has 3 aliphatic heterocycles. The number of anilines is 1. The molecular formula is C39H53ClN4O5S. The summed E-state index contributed by atoms with van der Waals surface area (Å²) >= 11 is 6.48. The fourth-order valence-electron chi connectivity index (χ4n) is 9.52. The zero-order chi connectivity index (χ0) is 35.2. The molecule has 0 radical (unpaired) electrons. The third kappa shape index (κ3) is 7.13. The second kappa shape index (κ2) is 14.3. The molecule has 2 aromatic carbocycles. The van der Waals surface area contributed by atoms with Gasteiger partial charge in [-0.05, 0) is 117 Å². The van der Waals surface area contributed by atoms with Gasteiger partial charge in [-0.3, -0.25) is 14.5 Å². The fourth-order valence-corrected chi connectivity index (χ4v) is 11.0. The van der Waals surface area contributed by atoms with Crippen molar-refractivity contribution in [1.29, 1.82) is 0 Å². The molecule has 11 heteroatoms. The molecule has 50 heavy (non-hydrogen) atoms. The second-order valence-electron chi connectivity index (χ2n) is 15.9. The number of rotatable bonds is 2. The highest BCUT2D eigenvalue weighted by Crippen LogP contribution is 2.48. The largest absolute Gasteiger partial charge is 0.490 e. The Morgan fingerprint density at radius 2 is 1.82 bits per heavy atom. The Balaban J connectivity index is 1.24. The molecule has 1 unspecified atom stereocenters. The number of nitrogens with one attached hydrogen (secondary N) is 1. The van der Waals surface area contributed by atoms with Gasteiger partial charge in [0.25, 0.3) is 5.91 Å². The fraction of sp³-hybridized carbons (Fsp3) is 0.641. The Morgan fingerprint density at radius 3 is 2.56 bits per heavy atom. The lowest BCUT2D eigenvalue weighted by molar-refractivity contribution is -0.130. The van der Waals surface area contributed by atoms with Crippen molar-refractivity contribution >= 4 is 39.1 Å². The van der Waals surface area contributed by atoms with Gasteiger partial charge in [-0.2, -0.15) is 0 Å². The summed E-state index contributed by atoms with van der Waals surface area (Å²) in [6.07, 6.45) is 8.17. The molecule has 1 spiro atoms. The Bertz CT molecular complexity index is 1710. The maximum Gasteiger partial charge on any atom is 0.264 e. The Labute approximate surface area is 303 Å². The summed E-state index contributed by atoms with van der Waals surface area (Å²) in [5.74, 6) is 1.74. The van der Waals surface area contributed by atoms with Crippen LogP contribution in [-0.2, 0) is 26.7 Å². The van der Waals surface area contributed by atoms with E-state index in [1.807, 2.05) is 30.0 Å². The summed E-state index contributed by atoms with van der Waals surface area (Å²) in [6.45, 7) is 11.9. The van der Waals surface area contributed by atoms with E-state index in [9.17, 15) is 18.0 Å². The zero-order valence-electron chi connectivity index (χ0n) is 29.8. The van der Waals surface area contributed by atoms with Gasteiger partial charge in [-0.25, -0.2) is 13.1 Å². The van der Waals surface area contributed by atoms with Crippen molar-refractivity contribution in [3.05, 3.63) is 58.1 Å². The zero-order valence-corrected chi connectivity index (χ0v) is 31.4. The van der Waals surface area contributed by atoms with E-state index >= 15 is 0 Å². The van der Waals surface area contributed by atoms with E-state index in [4.69, 9.17) is 16.3 Å². The summed E-state index contributed by atoms with van der Waals surface area (Å²) in [6, 6.07) is 11.7. The average molecular weight is 725 g/mol. The van der Waals surface area contributed by atoms with Crippen LogP contribution in [0, 0.1) is 23.7 Å². The van der Waals surface area contributed by atoms with Crippen molar-refractivity contribution in [2.24, 2.45) is 23.7 Å². The van der Waals surface area contributed by atoms with Crippen molar-refractivity contribution in [3.8, 4) is 5.75 Å². The lowest BCUT2D eigenvalue weighted by Gasteiger charge is -2.48. The third-order valence-electron chi connectivity index (χ3n) is 12.9. The standard InChI is InChI=1S/C39H53ClN4O5S/c1-26-6-4-7-31(22-42-16-18-43(19-17-42)28(3)45)34-12-9-32(34)23-44-24-39(15-5-8-29-20-33(40)11-13-35(29)39)25-49-37-14-10-30(21-36(37)44)38(46)41-50(47,48)27(26)2/h10-11,13-14,20-21,26-27,31-32,34H,4-9,12,15-19,22-25H2,1-3H3,(H,41,46)/t26?,27-,31+,32+,34+,39+/m1/s1. The molecular weight excluding hydrogens is 672 g/mol. The molecule has 9 nitrogen and oxygen atoms in total. The van der Waals surface area contributed by atoms with Crippen LogP contribution in [0.25, 0.3) is 0 Å². The summed E-state index contributed by atoms with van der Waals surface area (Å²) in [7, 11) is -3.89. The van der Waals surface area contributed by atoms with Gasteiger partial charge in [-0.15, -0.1) is 0 Å². The van der Waals surface area contributed by atoms with Crippen LogP contribution >= 0.6 is 11.6 Å². The molecule has 1 saturated heterocycles. The number of amides is 2. The number of sulfonamides is 1. The number of hydrogen-bond acceptors (Lipinski definition) is 7. The molecule has 2 fully saturated rings. The van der Waals surface area contributed by atoms with E-state index in [2.05, 4.69) is 26.7 Å². The van der Waals surface area contributed by atoms with Crippen LogP contribution in [0.4, 0.5) is 5.69 Å². The highest BCUT2D eigenvalue weighted by molar-refractivity contribution is 7.90. The predicted octanol–water partition coefficient (Wildman–Crippen LogP) is 5.89. The first-order valence-electron chi connectivity index (χ1n) is 18.8. The van der Waals surface area contributed by atoms with Crippen LogP contribution in [0.15, 0.2) is 36.4 Å². The minimum Gasteiger partial charge on any atom is -0.490 e. The molecule has 1 saturated carbocycles. The van der Waals surface area contributed by atoms with Crippen molar-refractivity contribution in [3.63, 3.8) is 0 Å². The number of aryl methyl sites for hydroxylation is 1. The van der Waals surface area contributed by atoms with Gasteiger partial charge in [0, 0.05) is 68.7 Å². The number of fused-ring (bicyclic) bond motifs is 4. The van der Waals surface area contributed by atoms with Gasteiger partial charge in [0.05, 0.1) is 17.5 Å². The van der Waals surface area contributed by atoms with Gasteiger partial charge >= 0.3 is 0 Å². The lowest BCUT2D eigenvalue weighted by Crippen LogP contribution is -2.52. The van der Waals surface area contributed by atoms with Crippen LogP contribution < -0.4 is 14.4 Å². The number of hydrogen-bond donors (Lipinski definition) is 1. The van der Waals surface area contributed by atoms with E-state index in [-0.39, 0.29) is 17.2 Å². The summed E-state index contributed by atoms with van der Waals surface area (Å²) < 4.78 is 36.1. The van der Waals surface area contributed by atoms with Crippen LogP contribution in [0.2, 0.25) is 5.02 Å². The number of carbonyl (C=O) groups is 2. The van der Waals surface area contributed by atoms with E-state index in [1.165, 1.54) is 17.5 Å². The minimum atomic E-state index is -3.89. The molecule has 7 rings (SSSR count). The van der Waals surface area contributed by atoms with Gasteiger partial charge in [-0.1, -0.05) is 31.0 Å². The summed E-state index contributed by atoms with van der Waals surface area (Å²) in [4.78, 5) is 32.6. The number of benzene rings is 2. The number of nitrogens with zero attached hydrogens (tertiary/aromatic N) is 3. The minimum absolute atomic E-state index is 0.0921. The Hall–Kier alpha value is -2.82. The lowest BCUT2D eigenvalue weighted by atomic mass is 9.65. The summed E-state index contributed by atoms with van der Waals surface area (Å²) in [5, 5.41) is 0.0540. The quantitative estimate of drug-likeness (QED) is 0.413. The molecule has 5 aliphatic rings. The van der Waals surface area contributed by atoms with Crippen molar-refractivity contribution in [2.75, 3.05) is 57.3 Å². The monoisotopic (exact) mass is 724 g/mol. The normalized spacial score (nSPS) is 31.8. The molecule has 2 aliphatic carbocycles. The molecule has 2 bridgehead atoms. The van der Waals surface area contributed by atoms with Crippen LogP contribution in [-0.4, -0.2) is 87.7 Å². The molecule has 2 amide bonds. The number of carbonyl (C=O) groups excluding carboxylic acids is 2. The first-order chi connectivity index (χ1) is 23.9.